The average Bonchev–Trinajstić information content (AvgIpc) is 2.32. The Bertz CT molecular complexity index is 128. The molecule has 1 spiro atoms. The van der Waals surface area contributed by atoms with Crippen LogP contribution in [0.5, 0.6) is 0 Å². The maximum atomic E-state index is 3.44. The van der Waals surface area contributed by atoms with Gasteiger partial charge in [-0.05, 0) is 50.1 Å². The number of piperidine rings is 1. The molecule has 1 aliphatic heterocycles. The summed E-state index contributed by atoms with van der Waals surface area (Å²) in [5, 5.41) is 3.44. The van der Waals surface area contributed by atoms with Crippen molar-refractivity contribution in [2.75, 3.05) is 13.1 Å². The number of rotatable bonds is 1. The van der Waals surface area contributed by atoms with Crippen molar-refractivity contribution in [3.8, 4) is 0 Å². The molecule has 1 heteroatoms. The van der Waals surface area contributed by atoms with Gasteiger partial charge in [0.1, 0.15) is 0 Å². The predicted molar refractivity (Wildman–Crippen MR) is 70.2 cm³/mol. The fourth-order valence-electron chi connectivity index (χ4n) is 2.82. The Morgan fingerprint density at radius 1 is 1.00 bits per heavy atom. The molecule has 1 saturated heterocycles. The third-order valence-electron chi connectivity index (χ3n) is 3.68. The number of hydrogen-bond donors (Lipinski definition) is 1. The van der Waals surface area contributed by atoms with Crippen LogP contribution in [0, 0.1) is 11.3 Å². The van der Waals surface area contributed by atoms with Crippen LogP contribution in [0.15, 0.2) is 0 Å². The monoisotopic (exact) mass is 213 g/mol. The van der Waals surface area contributed by atoms with E-state index >= 15 is 0 Å². The van der Waals surface area contributed by atoms with Gasteiger partial charge in [-0.2, -0.15) is 0 Å². The van der Waals surface area contributed by atoms with Crippen molar-refractivity contribution in [3.05, 3.63) is 0 Å². The lowest BCUT2D eigenvalue weighted by molar-refractivity contribution is 0.0200. The van der Waals surface area contributed by atoms with Crippen molar-refractivity contribution in [1.82, 2.24) is 5.32 Å². The summed E-state index contributed by atoms with van der Waals surface area (Å²) in [6.45, 7) is 12.9. The lowest BCUT2D eigenvalue weighted by Crippen LogP contribution is -2.45. The van der Waals surface area contributed by atoms with Gasteiger partial charge in [-0.15, -0.1) is 0 Å². The minimum Gasteiger partial charge on any atom is -0.317 e. The fourth-order valence-corrected chi connectivity index (χ4v) is 2.82. The highest BCUT2D eigenvalue weighted by Crippen LogP contribution is 2.52. The summed E-state index contributed by atoms with van der Waals surface area (Å²) in [4.78, 5) is 0. The van der Waals surface area contributed by atoms with Crippen LogP contribution < -0.4 is 5.32 Å². The second kappa shape index (κ2) is 8.15. The van der Waals surface area contributed by atoms with Gasteiger partial charge in [0.25, 0.3) is 0 Å². The molecule has 0 radical (unpaired) electrons. The van der Waals surface area contributed by atoms with Gasteiger partial charge in [0.05, 0.1) is 0 Å². The fraction of sp³-hybridized carbons (Fsp3) is 1.00. The zero-order chi connectivity index (χ0) is 11.7. The molecule has 1 nitrogen and oxygen atoms in total. The zero-order valence-corrected chi connectivity index (χ0v) is 11.5. The third-order valence-corrected chi connectivity index (χ3v) is 3.68. The molecule has 92 valence electrons. The minimum absolute atomic E-state index is 0.811. The standard InChI is InChI=1S/C10H19N.2C2H6/c1-2-9-7-10(8-9)3-5-11-6-4-10;2*1-2/h9,11H,2-8H2,1H3;2*1-2H3. The van der Waals surface area contributed by atoms with Crippen molar-refractivity contribution in [3.63, 3.8) is 0 Å². The highest BCUT2D eigenvalue weighted by Gasteiger charge is 2.43. The predicted octanol–water partition coefficient (Wildman–Crippen LogP) is 4.23. The zero-order valence-electron chi connectivity index (χ0n) is 11.5. The summed E-state index contributed by atoms with van der Waals surface area (Å²) in [6, 6.07) is 0. The summed E-state index contributed by atoms with van der Waals surface area (Å²) < 4.78 is 0. The van der Waals surface area contributed by atoms with Crippen molar-refractivity contribution in [1.29, 1.82) is 0 Å². The normalized spacial score (nSPS) is 23.0. The number of hydrogen-bond acceptors (Lipinski definition) is 1. The molecule has 0 aromatic rings. The highest BCUT2D eigenvalue weighted by molar-refractivity contribution is 4.95. The third kappa shape index (κ3) is 4.14. The second-order valence-corrected chi connectivity index (χ2v) is 4.43. The van der Waals surface area contributed by atoms with Crippen molar-refractivity contribution in [2.45, 2.75) is 66.7 Å². The summed E-state index contributed by atoms with van der Waals surface area (Å²) in [7, 11) is 0. The topological polar surface area (TPSA) is 12.0 Å². The first-order chi connectivity index (χ1) is 7.35. The molecule has 15 heavy (non-hydrogen) atoms. The molecule has 2 fully saturated rings. The van der Waals surface area contributed by atoms with E-state index in [1.807, 2.05) is 27.7 Å². The first kappa shape index (κ1) is 15.0. The Morgan fingerprint density at radius 2 is 1.47 bits per heavy atom. The van der Waals surface area contributed by atoms with Gasteiger partial charge in [0, 0.05) is 0 Å². The van der Waals surface area contributed by atoms with Crippen molar-refractivity contribution < 1.29 is 0 Å². The van der Waals surface area contributed by atoms with E-state index in [9.17, 15) is 0 Å². The van der Waals surface area contributed by atoms with Crippen LogP contribution in [0.4, 0.5) is 0 Å². The van der Waals surface area contributed by atoms with Crippen LogP contribution in [0.3, 0.4) is 0 Å². The highest BCUT2D eigenvalue weighted by atomic mass is 14.9. The summed E-state index contributed by atoms with van der Waals surface area (Å²) >= 11 is 0. The lowest BCUT2D eigenvalue weighted by Gasteiger charge is -2.50. The molecular formula is C14H31N. The van der Waals surface area contributed by atoms with Crippen LogP contribution in [0.2, 0.25) is 0 Å². The van der Waals surface area contributed by atoms with Crippen LogP contribution in [-0.4, -0.2) is 13.1 Å². The van der Waals surface area contributed by atoms with Gasteiger partial charge < -0.3 is 5.32 Å². The van der Waals surface area contributed by atoms with Crippen molar-refractivity contribution in [2.24, 2.45) is 11.3 Å². The van der Waals surface area contributed by atoms with Gasteiger partial charge in [-0.3, -0.25) is 0 Å². The first-order valence-corrected chi connectivity index (χ1v) is 7.05. The number of nitrogens with one attached hydrogen (secondary N) is 1. The Kier molecular flexibility index (Phi) is 8.13. The Balaban J connectivity index is 0.000000442. The summed E-state index contributed by atoms with van der Waals surface area (Å²) in [5.41, 5.74) is 0.811. The van der Waals surface area contributed by atoms with Crippen LogP contribution >= 0.6 is 0 Å². The SMILES string of the molecule is CC.CC.CCC1CC2(CCNCC2)C1. The molecule has 1 aliphatic carbocycles. The lowest BCUT2D eigenvalue weighted by atomic mass is 9.57. The molecule has 0 amide bonds. The average molecular weight is 213 g/mol. The molecule has 2 aliphatic rings. The van der Waals surface area contributed by atoms with E-state index in [2.05, 4.69) is 12.2 Å². The molecule has 1 heterocycles. The summed E-state index contributed by atoms with van der Waals surface area (Å²) in [5.74, 6) is 1.08. The van der Waals surface area contributed by atoms with Gasteiger partial charge in [0.15, 0.2) is 0 Å². The van der Waals surface area contributed by atoms with E-state index in [1.54, 1.807) is 0 Å². The van der Waals surface area contributed by atoms with Gasteiger partial charge in [-0.1, -0.05) is 41.0 Å². The van der Waals surface area contributed by atoms with E-state index < -0.39 is 0 Å². The maximum Gasteiger partial charge on any atom is -0.00436 e. The Morgan fingerprint density at radius 3 is 1.87 bits per heavy atom. The molecular weight excluding hydrogens is 182 g/mol. The summed E-state index contributed by atoms with van der Waals surface area (Å²) in [6.07, 6.45) is 7.37. The molecule has 2 rings (SSSR count). The van der Waals surface area contributed by atoms with Crippen LogP contribution in [0.1, 0.15) is 66.7 Å². The largest absolute Gasteiger partial charge is 0.317 e. The smallest absolute Gasteiger partial charge is 0.00436 e. The molecule has 0 aromatic heterocycles. The second-order valence-electron chi connectivity index (χ2n) is 4.43. The molecule has 1 N–H and O–H groups in total. The van der Waals surface area contributed by atoms with Gasteiger partial charge >= 0.3 is 0 Å². The Labute approximate surface area is 97.0 Å². The molecule has 0 bridgehead atoms. The van der Waals surface area contributed by atoms with Gasteiger partial charge in [0.2, 0.25) is 0 Å². The van der Waals surface area contributed by atoms with Crippen LogP contribution in [-0.2, 0) is 0 Å². The van der Waals surface area contributed by atoms with E-state index in [4.69, 9.17) is 0 Å². The van der Waals surface area contributed by atoms with Crippen LogP contribution in [0.25, 0.3) is 0 Å². The maximum absolute atomic E-state index is 3.44. The molecule has 0 atom stereocenters. The molecule has 1 saturated carbocycles. The van der Waals surface area contributed by atoms with E-state index in [0.717, 1.165) is 11.3 Å². The van der Waals surface area contributed by atoms with E-state index in [0.29, 0.717) is 0 Å². The van der Waals surface area contributed by atoms with E-state index in [-0.39, 0.29) is 0 Å². The van der Waals surface area contributed by atoms with Gasteiger partial charge in [-0.25, -0.2) is 0 Å². The minimum atomic E-state index is 0.811. The molecule has 0 unspecified atom stereocenters. The van der Waals surface area contributed by atoms with Crippen molar-refractivity contribution >= 4 is 0 Å². The quantitative estimate of drug-likeness (QED) is 0.687. The molecule has 0 aromatic carbocycles. The first-order valence-electron chi connectivity index (χ1n) is 7.05. The van der Waals surface area contributed by atoms with E-state index in [1.165, 1.54) is 45.2 Å². The Hall–Kier alpha value is -0.0400.